The molecule has 6 nitrogen and oxygen atoms in total. The molecule has 1 saturated heterocycles. The van der Waals surface area contributed by atoms with Crippen LogP contribution in [0.1, 0.15) is 0 Å². The van der Waals surface area contributed by atoms with Gasteiger partial charge in [-0.05, 0) is 6.07 Å². The third kappa shape index (κ3) is 3.98. The second-order valence-electron chi connectivity index (χ2n) is 4.05. The maximum Gasteiger partial charge on any atom is 0.336 e. The molecule has 0 radical (unpaired) electrons. The monoisotopic (exact) mass is 313 g/mol. The first-order valence-corrected chi connectivity index (χ1v) is 6.44. The van der Waals surface area contributed by atoms with Crippen molar-refractivity contribution in [2.75, 3.05) is 31.8 Å². The molecule has 2 amide bonds. The largest absolute Gasteiger partial charge is 0.479 e. The van der Waals surface area contributed by atoms with E-state index in [0.717, 1.165) is 6.07 Å². The summed E-state index contributed by atoms with van der Waals surface area (Å²) in [5.41, 5.74) is 2.66. The summed E-state index contributed by atoms with van der Waals surface area (Å²) in [7, 11) is 0. The van der Waals surface area contributed by atoms with E-state index in [-0.39, 0.29) is 29.8 Å². The SMILES string of the molecule is C#CCOc1cc(NC(=O)N2CCOCN2)c(F)cc1Cl. The van der Waals surface area contributed by atoms with E-state index in [1.165, 1.54) is 11.1 Å². The molecule has 2 rings (SSSR count). The highest BCUT2D eigenvalue weighted by Crippen LogP contribution is 2.30. The minimum atomic E-state index is -0.672. The predicted molar refractivity (Wildman–Crippen MR) is 75.4 cm³/mol. The van der Waals surface area contributed by atoms with E-state index in [4.69, 9.17) is 27.5 Å². The van der Waals surface area contributed by atoms with Crippen LogP contribution in [-0.4, -0.2) is 37.5 Å². The molecule has 0 aromatic heterocycles. The molecule has 1 heterocycles. The van der Waals surface area contributed by atoms with E-state index >= 15 is 0 Å². The number of carbonyl (C=O) groups excluding carboxylic acids is 1. The Hall–Kier alpha value is -2.01. The number of terminal acetylenes is 1. The Balaban J connectivity index is 2.11. The van der Waals surface area contributed by atoms with E-state index < -0.39 is 11.8 Å². The van der Waals surface area contributed by atoms with Crippen LogP contribution in [0.5, 0.6) is 5.75 Å². The Bertz CT molecular complexity index is 571. The van der Waals surface area contributed by atoms with Crippen LogP contribution in [0.25, 0.3) is 0 Å². The summed E-state index contributed by atoms with van der Waals surface area (Å²) in [5, 5.41) is 3.79. The molecule has 2 N–H and O–H groups in total. The minimum absolute atomic E-state index is 0.0102. The van der Waals surface area contributed by atoms with Crippen molar-refractivity contribution >= 4 is 23.3 Å². The number of carbonyl (C=O) groups is 1. The molecule has 8 heteroatoms. The topological polar surface area (TPSA) is 62.8 Å². The molecular weight excluding hydrogens is 301 g/mol. The van der Waals surface area contributed by atoms with E-state index in [1.807, 2.05) is 0 Å². The van der Waals surface area contributed by atoms with Crippen LogP contribution in [-0.2, 0) is 4.74 Å². The summed E-state index contributed by atoms with van der Waals surface area (Å²) < 4.78 is 24.0. The zero-order chi connectivity index (χ0) is 15.2. The fourth-order valence-electron chi connectivity index (χ4n) is 1.64. The molecule has 1 aliphatic heterocycles. The normalized spacial score (nSPS) is 14.4. The number of hydrogen-bond donors (Lipinski definition) is 2. The lowest BCUT2D eigenvalue weighted by Crippen LogP contribution is -2.51. The number of benzene rings is 1. The van der Waals surface area contributed by atoms with Crippen molar-refractivity contribution in [3.8, 4) is 18.1 Å². The fourth-order valence-corrected chi connectivity index (χ4v) is 1.85. The van der Waals surface area contributed by atoms with E-state index in [1.54, 1.807) is 0 Å². The van der Waals surface area contributed by atoms with Gasteiger partial charge >= 0.3 is 6.03 Å². The number of amides is 2. The number of urea groups is 1. The number of nitrogens with zero attached hydrogens (tertiary/aromatic N) is 1. The first-order valence-electron chi connectivity index (χ1n) is 6.07. The summed E-state index contributed by atoms with van der Waals surface area (Å²) >= 11 is 5.84. The van der Waals surface area contributed by atoms with Gasteiger partial charge in [0.05, 0.1) is 23.9 Å². The Kier molecular flexibility index (Phi) is 5.22. The van der Waals surface area contributed by atoms with Crippen molar-refractivity contribution in [3.05, 3.63) is 23.0 Å². The van der Waals surface area contributed by atoms with Gasteiger partial charge in [0.1, 0.15) is 24.9 Å². The number of hydrazine groups is 1. The quantitative estimate of drug-likeness (QED) is 0.836. The van der Waals surface area contributed by atoms with E-state index in [9.17, 15) is 9.18 Å². The smallest absolute Gasteiger partial charge is 0.336 e. The van der Waals surface area contributed by atoms with Crippen LogP contribution < -0.4 is 15.5 Å². The molecule has 0 saturated carbocycles. The van der Waals surface area contributed by atoms with Gasteiger partial charge in [-0.15, -0.1) is 6.42 Å². The van der Waals surface area contributed by atoms with Gasteiger partial charge in [0, 0.05) is 6.07 Å². The summed E-state index contributed by atoms with van der Waals surface area (Å²) in [5.74, 6) is 1.80. The second-order valence-corrected chi connectivity index (χ2v) is 4.45. The predicted octanol–water partition coefficient (Wildman–Crippen LogP) is 1.82. The molecule has 112 valence electrons. The average Bonchev–Trinajstić information content (AvgIpc) is 2.49. The molecule has 1 aliphatic rings. The highest BCUT2D eigenvalue weighted by Gasteiger charge is 2.19. The summed E-state index contributed by atoms with van der Waals surface area (Å²) in [4.78, 5) is 12.0. The number of ether oxygens (including phenoxy) is 2. The molecule has 1 aromatic carbocycles. The third-order valence-corrected chi connectivity index (χ3v) is 2.93. The van der Waals surface area contributed by atoms with Crippen molar-refractivity contribution in [2.24, 2.45) is 0 Å². The van der Waals surface area contributed by atoms with Gasteiger partial charge in [-0.25, -0.2) is 14.6 Å². The van der Waals surface area contributed by atoms with Crippen LogP contribution in [0, 0.1) is 18.2 Å². The number of anilines is 1. The molecule has 1 fully saturated rings. The van der Waals surface area contributed by atoms with Crippen molar-refractivity contribution in [3.63, 3.8) is 0 Å². The fraction of sp³-hybridized carbons (Fsp3) is 0.308. The number of rotatable bonds is 3. The maximum atomic E-state index is 13.8. The van der Waals surface area contributed by atoms with Gasteiger partial charge in [0.2, 0.25) is 0 Å². The first-order chi connectivity index (χ1) is 10.1. The molecule has 1 aromatic rings. The Labute approximate surface area is 126 Å². The lowest BCUT2D eigenvalue weighted by atomic mass is 10.3. The van der Waals surface area contributed by atoms with Crippen molar-refractivity contribution in [2.45, 2.75) is 0 Å². The van der Waals surface area contributed by atoms with Crippen molar-refractivity contribution < 1.29 is 18.7 Å². The van der Waals surface area contributed by atoms with Gasteiger partial charge in [0.15, 0.2) is 0 Å². The van der Waals surface area contributed by atoms with Gasteiger partial charge in [0.25, 0.3) is 0 Å². The Morgan fingerprint density at radius 2 is 2.48 bits per heavy atom. The Morgan fingerprint density at radius 1 is 1.67 bits per heavy atom. The standard InChI is InChI=1S/C13H13ClFN3O3/c1-2-4-21-12-7-11(10(15)6-9(12)14)17-13(19)18-3-5-20-8-16-18/h1,6-7,16H,3-5,8H2,(H,17,19). The molecule has 0 atom stereocenters. The average molecular weight is 314 g/mol. The summed E-state index contributed by atoms with van der Waals surface area (Å²) in [6.07, 6.45) is 5.08. The number of halogens is 2. The van der Waals surface area contributed by atoms with Gasteiger partial charge in [-0.1, -0.05) is 17.5 Å². The van der Waals surface area contributed by atoms with E-state index in [2.05, 4.69) is 16.7 Å². The van der Waals surface area contributed by atoms with Crippen molar-refractivity contribution in [1.82, 2.24) is 10.4 Å². The molecule has 0 aliphatic carbocycles. The second kappa shape index (κ2) is 7.13. The number of nitrogens with one attached hydrogen (secondary N) is 2. The zero-order valence-corrected chi connectivity index (χ0v) is 11.7. The lowest BCUT2D eigenvalue weighted by Gasteiger charge is -2.27. The van der Waals surface area contributed by atoms with Crippen molar-refractivity contribution in [1.29, 1.82) is 0 Å². The van der Waals surface area contributed by atoms with Crippen LogP contribution >= 0.6 is 11.6 Å². The maximum absolute atomic E-state index is 13.8. The van der Waals surface area contributed by atoms with Gasteiger partial charge in [-0.3, -0.25) is 5.01 Å². The van der Waals surface area contributed by atoms with E-state index in [0.29, 0.717) is 13.2 Å². The zero-order valence-electron chi connectivity index (χ0n) is 11.0. The van der Waals surface area contributed by atoms with Crippen LogP contribution in [0.4, 0.5) is 14.9 Å². The molecular formula is C13H13ClFN3O3. The van der Waals surface area contributed by atoms with Crippen LogP contribution in [0.2, 0.25) is 5.02 Å². The third-order valence-electron chi connectivity index (χ3n) is 2.64. The minimum Gasteiger partial charge on any atom is -0.479 e. The highest BCUT2D eigenvalue weighted by atomic mass is 35.5. The molecule has 0 bridgehead atoms. The Morgan fingerprint density at radius 3 is 3.14 bits per heavy atom. The van der Waals surface area contributed by atoms with Crippen LogP contribution in [0.3, 0.4) is 0 Å². The van der Waals surface area contributed by atoms with Gasteiger partial charge < -0.3 is 14.8 Å². The molecule has 0 unspecified atom stereocenters. The molecule has 0 spiro atoms. The molecule has 21 heavy (non-hydrogen) atoms. The lowest BCUT2D eigenvalue weighted by molar-refractivity contribution is 0.00549. The first kappa shape index (κ1) is 15.4. The summed E-state index contributed by atoms with van der Waals surface area (Å²) in [6.45, 7) is 0.957. The summed E-state index contributed by atoms with van der Waals surface area (Å²) in [6, 6.07) is 1.82. The highest BCUT2D eigenvalue weighted by molar-refractivity contribution is 6.32. The van der Waals surface area contributed by atoms with Gasteiger partial charge in [-0.2, -0.15) is 0 Å². The van der Waals surface area contributed by atoms with Crippen LogP contribution in [0.15, 0.2) is 12.1 Å². The number of hydrogen-bond acceptors (Lipinski definition) is 4.